The summed E-state index contributed by atoms with van der Waals surface area (Å²) in [4.78, 5) is 24.7. The van der Waals surface area contributed by atoms with Gasteiger partial charge in [0.05, 0.1) is 11.0 Å². The van der Waals surface area contributed by atoms with Crippen LogP contribution in [0.4, 0.5) is 4.39 Å². The van der Waals surface area contributed by atoms with Crippen LogP contribution >= 0.6 is 0 Å². The van der Waals surface area contributed by atoms with Gasteiger partial charge in [0.2, 0.25) is 5.91 Å². The molecule has 6 heteroatoms. The Morgan fingerprint density at radius 3 is 2.77 bits per heavy atom. The second kappa shape index (κ2) is 7.72. The Morgan fingerprint density at radius 2 is 2.00 bits per heavy atom. The summed E-state index contributed by atoms with van der Waals surface area (Å²) in [6.45, 7) is 5.26. The number of aryl methyl sites for hydroxylation is 1. The minimum absolute atomic E-state index is 0.0158. The van der Waals surface area contributed by atoms with Crippen LogP contribution in [0.3, 0.4) is 0 Å². The molecule has 0 bridgehead atoms. The van der Waals surface area contributed by atoms with E-state index in [9.17, 15) is 14.0 Å². The van der Waals surface area contributed by atoms with Crippen molar-refractivity contribution in [2.75, 3.05) is 6.54 Å². The van der Waals surface area contributed by atoms with Crippen molar-refractivity contribution >= 4 is 22.5 Å². The van der Waals surface area contributed by atoms with Gasteiger partial charge in [-0.15, -0.1) is 0 Å². The van der Waals surface area contributed by atoms with Crippen molar-refractivity contribution < 1.29 is 9.18 Å². The van der Waals surface area contributed by atoms with Gasteiger partial charge in [-0.25, -0.2) is 4.39 Å². The molecule has 0 saturated heterocycles. The van der Waals surface area contributed by atoms with Crippen LogP contribution in [0.5, 0.6) is 0 Å². The van der Waals surface area contributed by atoms with Gasteiger partial charge in [-0.05, 0) is 49.1 Å². The molecule has 1 N–H and O–H groups in total. The third kappa shape index (κ3) is 3.79. The number of carbonyl (C=O) groups excluding carboxylic acids is 1. The van der Waals surface area contributed by atoms with E-state index >= 15 is 0 Å². The summed E-state index contributed by atoms with van der Waals surface area (Å²) < 4.78 is 17.1. The Morgan fingerprint density at radius 1 is 1.19 bits per heavy atom. The van der Waals surface area contributed by atoms with Gasteiger partial charge >= 0.3 is 0 Å². The summed E-state index contributed by atoms with van der Waals surface area (Å²) in [5.41, 5.74) is 1.69. The van der Waals surface area contributed by atoms with E-state index in [2.05, 4.69) is 19.2 Å². The maximum absolute atomic E-state index is 13.7. The van der Waals surface area contributed by atoms with Crippen molar-refractivity contribution in [3.63, 3.8) is 0 Å². The first-order chi connectivity index (χ1) is 12.5. The monoisotopic (exact) mass is 357 g/mol. The standard InChI is InChI=1S/C20H24FN3O2/c1-14(2)9-10-22-19(25)6-4-12-24-18-13-15(21)7-8-16(18)23-11-3-5-17(23)20(24)26/h3,5,7-8,11,13-14H,4,6,9-10,12H2,1-2H3,(H,22,25). The molecule has 0 spiro atoms. The maximum Gasteiger partial charge on any atom is 0.275 e. The molecule has 3 rings (SSSR count). The average Bonchev–Trinajstić information content (AvgIpc) is 3.07. The van der Waals surface area contributed by atoms with Crippen molar-refractivity contribution in [3.05, 3.63) is 52.7 Å². The zero-order valence-electron chi connectivity index (χ0n) is 15.2. The first-order valence-corrected chi connectivity index (χ1v) is 9.03. The van der Waals surface area contributed by atoms with Crippen LogP contribution in [-0.2, 0) is 11.3 Å². The highest BCUT2D eigenvalue weighted by molar-refractivity contribution is 5.79. The molecule has 2 heterocycles. The molecule has 0 saturated carbocycles. The van der Waals surface area contributed by atoms with Crippen LogP contribution in [-0.4, -0.2) is 21.4 Å². The van der Waals surface area contributed by atoms with Crippen LogP contribution in [0.1, 0.15) is 33.1 Å². The Bertz CT molecular complexity index is 988. The summed E-state index contributed by atoms with van der Waals surface area (Å²) >= 11 is 0. The van der Waals surface area contributed by atoms with Crippen molar-refractivity contribution in [2.24, 2.45) is 5.92 Å². The second-order valence-corrected chi connectivity index (χ2v) is 6.99. The molecule has 26 heavy (non-hydrogen) atoms. The molecule has 2 aromatic heterocycles. The number of hydrogen-bond acceptors (Lipinski definition) is 2. The molecule has 0 unspecified atom stereocenters. The lowest BCUT2D eigenvalue weighted by Crippen LogP contribution is -2.27. The van der Waals surface area contributed by atoms with E-state index in [1.54, 1.807) is 33.4 Å². The second-order valence-electron chi connectivity index (χ2n) is 6.99. The molecule has 138 valence electrons. The Labute approximate surface area is 151 Å². The lowest BCUT2D eigenvalue weighted by molar-refractivity contribution is -0.121. The highest BCUT2D eigenvalue weighted by Crippen LogP contribution is 2.17. The quantitative estimate of drug-likeness (QED) is 0.705. The van der Waals surface area contributed by atoms with E-state index in [4.69, 9.17) is 0 Å². The third-order valence-corrected chi connectivity index (χ3v) is 4.53. The summed E-state index contributed by atoms with van der Waals surface area (Å²) in [5, 5.41) is 2.90. The predicted molar refractivity (Wildman–Crippen MR) is 101 cm³/mol. The number of fused-ring (bicyclic) bond motifs is 3. The minimum atomic E-state index is -0.386. The van der Waals surface area contributed by atoms with Gasteiger partial charge in [-0.1, -0.05) is 13.8 Å². The number of rotatable bonds is 7. The van der Waals surface area contributed by atoms with Crippen molar-refractivity contribution in [3.8, 4) is 0 Å². The van der Waals surface area contributed by atoms with E-state index < -0.39 is 0 Å². The van der Waals surface area contributed by atoms with Crippen LogP contribution in [0.2, 0.25) is 0 Å². The maximum atomic E-state index is 13.7. The molecular formula is C20H24FN3O2. The number of halogens is 1. The number of benzene rings is 1. The SMILES string of the molecule is CC(C)CCNC(=O)CCCn1c(=O)c2cccn2c2ccc(F)cc21. The first kappa shape index (κ1) is 18.2. The summed E-state index contributed by atoms with van der Waals surface area (Å²) in [7, 11) is 0. The van der Waals surface area contributed by atoms with Gasteiger partial charge < -0.3 is 14.3 Å². The molecule has 1 aromatic carbocycles. The Kier molecular flexibility index (Phi) is 5.40. The molecular weight excluding hydrogens is 333 g/mol. The Balaban J connectivity index is 1.78. The van der Waals surface area contributed by atoms with Crippen LogP contribution in [0.25, 0.3) is 16.6 Å². The zero-order chi connectivity index (χ0) is 18.7. The van der Waals surface area contributed by atoms with E-state index in [0.29, 0.717) is 42.9 Å². The molecule has 5 nitrogen and oxygen atoms in total. The average molecular weight is 357 g/mol. The highest BCUT2D eigenvalue weighted by atomic mass is 19.1. The highest BCUT2D eigenvalue weighted by Gasteiger charge is 2.12. The number of nitrogens with zero attached hydrogens (tertiary/aromatic N) is 2. The van der Waals surface area contributed by atoms with Crippen LogP contribution in [0, 0.1) is 11.7 Å². The summed E-state index contributed by atoms with van der Waals surface area (Å²) in [6.07, 6.45) is 3.60. The van der Waals surface area contributed by atoms with E-state index in [1.807, 2.05) is 0 Å². The molecule has 0 radical (unpaired) electrons. The number of aromatic nitrogens is 2. The molecule has 3 aromatic rings. The smallest absolute Gasteiger partial charge is 0.275 e. The first-order valence-electron chi connectivity index (χ1n) is 9.03. The molecule has 0 aliphatic rings. The molecule has 0 aliphatic heterocycles. The lowest BCUT2D eigenvalue weighted by Gasteiger charge is -2.13. The minimum Gasteiger partial charge on any atom is -0.356 e. The fourth-order valence-corrected chi connectivity index (χ4v) is 3.14. The van der Waals surface area contributed by atoms with Gasteiger partial charge in [0.25, 0.3) is 5.56 Å². The van der Waals surface area contributed by atoms with Gasteiger partial charge in [0, 0.05) is 25.7 Å². The topological polar surface area (TPSA) is 55.5 Å². The molecule has 0 aliphatic carbocycles. The van der Waals surface area contributed by atoms with E-state index in [-0.39, 0.29) is 17.3 Å². The Hall–Kier alpha value is -2.63. The molecule has 0 atom stereocenters. The molecule has 1 amide bonds. The van der Waals surface area contributed by atoms with Crippen molar-refractivity contribution in [1.29, 1.82) is 0 Å². The number of amides is 1. The number of carbonyl (C=O) groups is 1. The largest absolute Gasteiger partial charge is 0.356 e. The number of nitrogens with one attached hydrogen (secondary N) is 1. The fourth-order valence-electron chi connectivity index (χ4n) is 3.14. The van der Waals surface area contributed by atoms with E-state index in [0.717, 1.165) is 11.9 Å². The number of hydrogen-bond donors (Lipinski definition) is 1. The zero-order valence-corrected chi connectivity index (χ0v) is 15.2. The van der Waals surface area contributed by atoms with Gasteiger partial charge in [-0.2, -0.15) is 0 Å². The van der Waals surface area contributed by atoms with E-state index in [1.165, 1.54) is 12.1 Å². The van der Waals surface area contributed by atoms with Crippen LogP contribution in [0.15, 0.2) is 41.3 Å². The van der Waals surface area contributed by atoms with Gasteiger partial charge in [-0.3, -0.25) is 9.59 Å². The lowest BCUT2D eigenvalue weighted by atomic mass is 10.1. The van der Waals surface area contributed by atoms with Gasteiger partial charge in [0.1, 0.15) is 11.3 Å². The van der Waals surface area contributed by atoms with Gasteiger partial charge in [0.15, 0.2) is 0 Å². The third-order valence-electron chi connectivity index (χ3n) is 4.53. The predicted octanol–water partition coefficient (Wildman–Crippen LogP) is 3.34. The summed E-state index contributed by atoms with van der Waals surface area (Å²) in [6, 6.07) is 7.98. The van der Waals surface area contributed by atoms with Crippen molar-refractivity contribution in [2.45, 2.75) is 39.7 Å². The normalized spacial score (nSPS) is 11.5. The molecule has 0 fully saturated rings. The van der Waals surface area contributed by atoms with Crippen molar-refractivity contribution in [1.82, 2.24) is 14.3 Å². The summed E-state index contributed by atoms with van der Waals surface area (Å²) in [5.74, 6) is 0.144. The van der Waals surface area contributed by atoms with Crippen LogP contribution < -0.4 is 10.9 Å². The fraction of sp³-hybridized carbons (Fsp3) is 0.400.